The van der Waals surface area contributed by atoms with E-state index in [1.807, 2.05) is 31.6 Å². The summed E-state index contributed by atoms with van der Waals surface area (Å²) in [6, 6.07) is 8.18. The third kappa shape index (κ3) is 2.31. The van der Waals surface area contributed by atoms with Gasteiger partial charge >= 0.3 is 0 Å². The lowest BCUT2D eigenvalue weighted by Crippen LogP contribution is -1.96. The molecule has 2 heteroatoms. The molecule has 0 aliphatic rings. The Balaban J connectivity index is 2.63. The van der Waals surface area contributed by atoms with E-state index in [9.17, 15) is 0 Å². The van der Waals surface area contributed by atoms with Gasteiger partial charge in [-0.25, -0.2) is 0 Å². The topological polar surface area (TPSA) is 24.1 Å². The molecule has 0 heterocycles. The number of hydrogen-bond acceptors (Lipinski definition) is 2. The van der Waals surface area contributed by atoms with Crippen molar-refractivity contribution in [1.29, 1.82) is 0 Å². The fourth-order valence-electron chi connectivity index (χ4n) is 0.950. The van der Waals surface area contributed by atoms with E-state index in [0.717, 1.165) is 5.69 Å². The first kappa shape index (κ1) is 8.65. The van der Waals surface area contributed by atoms with Gasteiger partial charge in [0.1, 0.15) is 0 Å². The Morgan fingerprint density at radius 2 is 1.92 bits per heavy atom. The highest BCUT2D eigenvalue weighted by atomic mass is 14.9. The Kier molecular flexibility index (Phi) is 3.20. The summed E-state index contributed by atoms with van der Waals surface area (Å²) in [7, 11) is 1.87. The molecule has 0 bridgehead atoms. The second-order valence-corrected chi connectivity index (χ2v) is 2.58. The lowest BCUT2D eigenvalue weighted by atomic mass is 10.2. The lowest BCUT2D eigenvalue weighted by molar-refractivity contribution is 1.10. The van der Waals surface area contributed by atoms with E-state index in [-0.39, 0.29) is 0 Å². The predicted octanol–water partition coefficient (Wildman–Crippen LogP) is 2.10. The largest absolute Gasteiger partial charge is 0.393 e. The Labute approximate surface area is 73.3 Å². The molecule has 0 aliphatic carbocycles. The maximum atomic E-state index is 3.17. The van der Waals surface area contributed by atoms with E-state index in [1.54, 1.807) is 0 Å². The average molecular weight is 162 g/mol. The maximum Gasteiger partial charge on any atom is 0.0409 e. The highest BCUT2D eigenvalue weighted by Crippen LogP contribution is 2.12. The molecule has 2 nitrogen and oxygen atoms in total. The van der Waals surface area contributed by atoms with E-state index in [0.29, 0.717) is 0 Å². The predicted molar refractivity (Wildman–Crippen MR) is 53.0 cm³/mol. The molecular formula is C10H14N2. The first-order valence-corrected chi connectivity index (χ1v) is 3.99. The Morgan fingerprint density at radius 3 is 2.58 bits per heavy atom. The number of hydrogen-bond donors (Lipinski definition) is 2. The molecule has 0 spiro atoms. The van der Waals surface area contributed by atoms with Crippen molar-refractivity contribution < 1.29 is 0 Å². The van der Waals surface area contributed by atoms with Crippen LogP contribution in [-0.2, 0) is 0 Å². The van der Waals surface area contributed by atoms with Gasteiger partial charge in [-0.3, -0.25) is 0 Å². The molecule has 1 aromatic carbocycles. The Morgan fingerprint density at radius 1 is 1.17 bits per heavy atom. The van der Waals surface area contributed by atoms with Crippen molar-refractivity contribution in [2.24, 2.45) is 0 Å². The molecular weight excluding hydrogens is 148 g/mol. The van der Waals surface area contributed by atoms with Gasteiger partial charge in [0, 0.05) is 25.1 Å². The number of para-hydroxylation sites is 1. The van der Waals surface area contributed by atoms with Crippen LogP contribution in [0, 0.1) is 6.92 Å². The van der Waals surface area contributed by atoms with Gasteiger partial charge in [-0.2, -0.15) is 0 Å². The normalized spacial score (nSPS) is 10.2. The quantitative estimate of drug-likeness (QED) is 0.711. The zero-order valence-electron chi connectivity index (χ0n) is 7.46. The average Bonchev–Trinajstić information content (AvgIpc) is 2.09. The van der Waals surface area contributed by atoms with Gasteiger partial charge in [-0.05, 0) is 18.6 Å². The molecule has 0 amide bonds. The minimum atomic E-state index is 1.14. The van der Waals surface area contributed by atoms with E-state index in [1.165, 1.54) is 5.56 Å². The summed E-state index contributed by atoms with van der Waals surface area (Å²) in [5.74, 6) is 0. The standard InChI is InChI=1S/C10H14N2/c1-9-5-3-4-6-10(9)12-8-7-11-2/h3-8,11-12H,1-2H3/b8-7-. The fourth-order valence-corrected chi connectivity index (χ4v) is 0.950. The van der Waals surface area contributed by atoms with Gasteiger partial charge in [0.25, 0.3) is 0 Å². The molecule has 0 atom stereocenters. The molecule has 0 saturated carbocycles. The summed E-state index contributed by atoms with van der Waals surface area (Å²) in [5, 5.41) is 6.09. The summed E-state index contributed by atoms with van der Waals surface area (Å²) in [4.78, 5) is 0. The third-order valence-electron chi connectivity index (χ3n) is 1.63. The van der Waals surface area contributed by atoms with Gasteiger partial charge in [-0.15, -0.1) is 0 Å². The van der Waals surface area contributed by atoms with Crippen molar-refractivity contribution in [3.63, 3.8) is 0 Å². The zero-order chi connectivity index (χ0) is 8.81. The van der Waals surface area contributed by atoms with Crippen molar-refractivity contribution >= 4 is 5.69 Å². The molecule has 1 aromatic rings. The maximum absolute atomic E-state index is 3.17. The van der Waals surface area contributed by atoms with Crippen molar-refractivity contribution in [2.45, 2.75) is 6.92 Å². The highest BCUT2D eigenvalue weighted by molar-refractivity contribution is 5.51. The molecule has 2 N–H and O–H groups in total. The van der Waals surface area contributed by atoms with Crippen molar-refractivity contribution in [3.8, 4) is 0 Å². The van der Waals surface area contributed by atoms with E-state index >= 15 is 0 Å². The lowest BCUT2D eigenvalue weighted by Gasteiger charge is -2.03. The molecule has 64 valence electrons. The number of aryl methyl sites for hydroxylation is 1. The second kappa shape index (κ2) is 4.44. The Bertz CT molecular complexity index is 266. The molecule has 0 aromatic heterocycles. The van der Waals surface area contributed by atoms with Gasteiger partial charge in [0.05, 0.1) is 0 Å². The molecule has 0 aliphatic heterocycles. The summed E-state index contributed by atoms with van der Waals surface area (Å²) >= 11 is 0. The number of anilines is 1. The van der Waals surface area contributed by atoms with Gasteiger partial charge in [-0.1, -0.05) is 18.2 Å². The summed E-state index contributed by atoms with van der Waals surface area (Å²) in [6.07, 6.45) is 3.73. The van der Waals surface area contributed by atoms with Crippen LogP contribution in [0.5, 0.6) is 0 Å². The minimum absolute atomic E-state index is 1.14. The van der Waals surface area contributed by atoms with E-state index in [4.69, 9.17) is 0 Å². The summed E-state index contributed by atoms with van der Waals surface area (Å²) in [5.41, 5.74) is 2.39. The van der Waals surface area contributed by atoms with Crippen molar-refractivity contribution in [3.05, 3.63) is 42.2 Å². The van der Waals surface area contributed by atoms with Crippen LogP contribution in [0.3, 0.4) is 0 Å². The highest BCUT2D eigenvalue weighted by Gasteiger charge is 1.90. The summed E-state index contributed by atoms with van der Waals surface area (Å²) < 4.78 is 0. The van der Waals surface area contributed by atoms with Crippen molar-refractivity contribution in [2.75, 3.05) is 12.4 Å². The van der Waals surface area contributed by atoms with E-state index in [2.05, 4.69) is 29.7 Å². The van der Waals surface area contributed by atoms with Crippen LogP contribution in [0.1, 0.15) is 5.56 Å². The number of rotatable bonds is 3. The van der Waals surface area contributed by atoms with Gasteiger partial charge < -0.3 is 10.6 Å². The Hall–Kier alpha value is -1.44. The number of nitrogens with one attached hydrogen (secondary N) is 2. The minimum Gasteiger partial charge on any atom is -0.393 e. The first-order chi connectivity index (χ1) is 5.84. The smallest absolute Gasteiger partial charge is 0.0409 e. The first-order valence-electron chi connectivity index (χ1n) is 3.99. The monoisotopic (exact) mass is 162 g/mol. The molecule has 1 rings (SSSR count). The molecule has 0 saturated heterocycles. The van der Waals surface area contributed by atoms with Gasteiger partial charge in [0.2, 0.25) is 0 Å². The number of benzene rings is 1. The second-order valence-electron chi connectivity index (χ2n) is 2.58. The van der Waals surface area contributed by atoms with Crippen molar-refractivity contribution in [1.82, 2.24) is 5.32 Å². The van der Waals surface area contributed by atoms with Crippen LogP contribution >= 0.6 is 0 Å². The third-order valence-corrected chi connectivity index (χ3v) is 1.63. The molecule has 12 heavy (non-hydrogen) atoms. The summed E-state index contributed by atoms with van der Waals surface area (Å²) in [6.45, 7) is 2.08. The van der Waals surface area contributed by atoms with Crippen LogP contribution < -0.4 is 10.6 Å². The van der Waals surface area contributed by atoms with Crippen LogP contribution in [-0.4, -0.2) is 7.05 Å². The van der Waals surface area contributed by atoms with Crippen LogP contribution in [0.4, 0.5) is 5.69 Å². The zero-order valence-corrected chi connectivity index (χ0v) is 7.46. The van der Waals surface area contributed by atoms with Gasteiger partial charge in [0.15, 0.2) is 0 Å². The van der Waals surface area contributed by atoms with Crippen LogP contribution in [0.25, 0.3) is 0 Å². The molecule has 0 fully saturated rings. The van der Waals surface area contributed by atoms with E-state index < -0.39 is 0 Å². The van der Waals surface area contributed by atoms with Crippen LogP contribution in [0.15, 0.2) is 36.7 Å². The van der Waals surface area contributed by atoms with Crippen LogP contribution in [0.2, 0.25) is 0 Å². The SMILES string of the molecule is CN/C=C\Nc1ccccc1C. The fraction of sp³-hybridized carbons (Fsp3) is 0.200. The molecule has 0 radical (unpaired) electrons. The molecule has 0 unspecified atom stereocenters.